The first-order valence-corrected chi connectivity index (χ1v) is 8.03. The van der Waals surface area contributed by atoms with Crippen molar-refractivity contribution < 1.29 is 4.42 Å². The van der Waals surface area contributed by atoms with Crippen LogP contribution in [0.25, 0.3) is 22.4 Å². The van der Waals surface area contributed by atoms with E-state index in [2.05, 4.69) is 10.2 Å². The predicted molar refractivity (Wildman–Crippen MR) is 89.8 cm³/mol. The number of rotatable bonds is 2. The molecule has 0 atom stereocenters. The van der Waals surface area contributed by atoms with Gasteiger partial charge in [-0.2, -0.15) is 0 Å². The van der Waals surface area contributed by atoms with Gasteiger partial charge in [0, 0.05) is 16.7 Å². The Hall–Kier alpha value is -2.44. The first kappa shape index (κ1) is 14.2. The van der Waals surface area contributed by atoms with Crippen molar-refractivity contribution in [1.29, 1.82) is 0 Å². The predicted octanol–water partition coefficient (Wildman–Crippen LogP) is 2.92. The quantitative estimate of drug-likeness (QED) is 0.561. The third-order valence-corrected chi connectivity index (χ3v) is 4.60. The summed E-state index contributed by atoms with van der Waals surface area (Å²) in [6.07, 6.45) is 1.72. The third-order valence-electron chi connectivity index (χ3n) is 3.39. The molecule has 1 aromatic carbocycles. The maximum absolute atomic E-state index is 12.7. The molecule has 3 aromatic heterocycles. The minimum absolute atomic E-state index is 0.158. The van der Waals surface area contributed by atoms with Crippen LogP contribution in [-0.2, 0) is 0 Å². The molecule has 4 aromatic rings. The summed E-state index contributed by atoms with van der Waals surface area (Å²) < 4.78 is 7.56. The molecule has 0 unspecified atom stereocenters. The molecule has 0 fully saturated rings. The number of halogens is 1. The van der Waals surface area contributed by atoms with E-state index < -0.39 is 0 Å². The molecule has 5 nitrogen and oxygen atoms in total. The molecule has 0 radical (unpaired) electrons. The number of hydrogen-bond donors (Lipinski definition) is 0. The fraction of sp³-hybridized carbons (Fsp3) is 0.0625. The van der Waals surface area contributed by atoms with Gasteiger partial charge >= 0.3 is 0 Å². The number of thiazole rings is 1. The van der Waals surface area contributed by atoms with Crippen LogP contribution in [0.4, 0.5) is 0 Å². The van der Waals surface area contributed by atoms with Crippen LogP contribution < -0.4 is 10.1 Å². The van der Waals surface area contributed by atoms with Gasteiger partial charge in [0.2, 0.25) is 4.96 Å². The summed E-state index contributed by atoms with van der Waals surface area (Å²) in [6, 6.07) is 10.8. The van der Waals surface area contributed by atoms with Gasteiger partial charge in [-0.15, -0.1) is 10.2 Å². The first-order valence-electron chi connectivity index (χ1n) is 6.84. The highest BCUT2D eigenvalue weighted by Gasteiger charge is 2.14. The van der Waals surface area contributed by atoms with Crippen molar-refractivity contribution in [3.8, 4) is 11.4 Å². The molecule has 4 rings (SSSR count). The van der Waals surface area contributed by atoms with E-state index in [1.54, 1.807) is 18.2 Å². The molecule has 23 heavy (non-hydrogen) atoms. The van der Waals surface area contributed by atoms with Crippen LogP contribution in [0.5, 0.6) is 0 Å². The van der Waals surface area contributed by atoms with Gasteiger partial charge in [-0.1, -0.05) is 22.9 Å². The van der Waals surface area contributed by atoms with Gasteiger partial charge in [0.15, 0.2) is 5.82 Å². The van der Waals surface area contributed by atoms with E-state index in [0.29, 0.717) is 26.1 Å². The number of aryl methyl sites for hydroxylation is 1. The molecule has 0 amide bonds. The summed E-state index contributed by atoms with van der Waals surface area (Å²) in [4.78, 5) is 13.2. The minimum Gasteiger partial charge on any atom is -0.462 e. The van der Waals surface area contributed by atoms with Crippen molar-refractivity contribution in [2.75, 3.05) is 0 Å². The second-order valence-electron chi connectivity index (χ2n) is 5.01. The fourth-order valence-electron chi connectivity index (χ4n) is 2.31. The Morgan fingerprint density at radius 2 is 1.96 bits per heavy atom. The average Bonchev–Trinajstić information content (AvgIpc) is 3.20. The molecular weight excluding hydrogens is 334 g/mol. The normalized spacial score (nSPS) is 12.3. The standard InChI is InChI=1S/C16H10ClN3O2S/c1-9-2-7-12(22-9)8-13-15(21)20-14(18-19-16(20)23-13)10-3-5-11(17)6-4-10/h2-8H,1H3/b13-8+. The lowest BCUT2D eigenvalue weighted by Crippen LogP contribution is -2.23. The zero-order valence-electron chi connectivity index (χ0n) is 12.0. The topological polar surface area (TPSA) is 60.4 Å². The van der Waals surface area contributed by atoms with Gasteiger partial charge in [0.05, 0.1) is 0 Å². The maximum atomic E-state index is 12.7. The smallest absolute Gasteiger partial charge is 0.276 e. The van der Waals surface area contributed by atoms with Crippen LogP contribution in [-0.4, -0.2) is 14.6 Å². The average molecular weight is 344 g/mol. The summed E-state index contributed by atoms with van der Waals surface area (Å²) in [5.41, 5.74) is 0.631. The zero-order chi connectivity index (χ0) is 16.0. The second-order valence-corrected chi connectivity index (χ2v) is 6.46. The van der Waals surface area contributed by atoms with Crippen molar-refractivity contribution >= 4 is 34.0 Å². The van der Waals surface area contributed by atoms with E-state index in [1.807, 2.05) is 31.2 Å². The molecule has 0 aliphatic heterocycles. The molecule has 0 bridgehead atoms. The number of hydrogen-bond acceptors (Lipinski definition) is 5. The Labute approximate surface area is 139 Å². The Morgan fingerprint density at radius 3 is 2.65 bits per heavy atom. The number of aromatic nitrogens is 3. The van der Waals surface area contributed by atoms with Crippen LogP contribution in [0.1, 0.15) is 11.5 Å². The highest BCUT2D eigenvalue weighted by molar-refractivity contribution is 7.15. The molecule has 7 heteroatoms. The lowest BCUT2D eigenvalue weighted by molar-refractivity contribution is 0.525. The Bertz CT molecular complexity index is 1110. The van der Waals surface area contributed by atoms with Crippen LogP contribution in [0.15, 0.2) is 45.6 Å². The minimum atomic E-state index is -0.158. The van der Waals surface area contributed by atoms with Gasteiger partial charge < -0.3 is 4.42 Å². The largest absolute Gasteiger partial charge is 0.462 e. The van der Waals surface area contributed by atoms with E-state index in [-0.39, 0.29) is 5.56 Å². The monoisotopic (exact) mass is 343 g/mol. The van der Waals surface area contributed by atoms with Gasteiger partial charge in [-0.25, -0.2) is 4.40 Å². The molecular formula is C16H10ClN3O2S. The van der Waals surface area contributed by atoms with Gasteiger partial charge in [-0.05, 0) is 43.3 Å². The molecule has 0 saturated heterocycles. The van der Waals surface area contributed by atoms with Crippen LogP contribution in [0.2, 0.25) is 5.02 Å². The molecule has 3 heterocycles. The number of fused-ring (bicyclic) bond motifs is 1. The summed E-state index contributed by atoms with van der Waals surface area (Å²) in [7, 11) is 0. The van der Waals surface area contributed by atoms with Crippen molar-refractivity contribution in [2.24, 2.45) is 0 Å². The highest BCUT2D eigenvalue weighted by atomic mass is 35.5. The maximum Gasteiger partial charge on any atom is 0.276 e. The van der Waals surface area contributed by atoms with E-state index >= 15 is 0 Å². The Kier molecular flexibility index (Phi) is 3.28. The molecule has 0 saturated carbocycles. The summed E-state index contributed by atoms with van der Waals surface area (Å²) in [6.45, 7) is 1.86. The van der Waals surface area contributed by atoms with E-state index in [1.165, 1.54) is 15.7 Å². The summed E-state index contributed by atoms with van der Waals surface area (Å²) >= 11 is 7.18. The van der Waals surface area contributed by atoms with E-state index in [9.17, 15) is 4.79 Å². The Balaban J connectivity index is 1.91. The Morgan fingerprint density at radius 1 is 1.17 bits per heavy atom. The van der Waals surface area contributed by atoms with E-state index in [0.717, 1.165) is 11.3 Å². The molecule has 114 valence electrons. The molecule has 0 aliphatic rings. The lowest BCUT2D eigenvalue weighted by Gasteiger charge is -1.96. The fourth-order valence-corrected chi connectivity index (χ4v) is 3.33. The first-order chi connectivity index (χ1) is 11.1. The van der Waals surface area contributed by atoms with Crippen molar-refractivity contribution in [1.82, 2.24) is 14.6 Å². The molecule has 0 aliphatic carbocycles. The number of furan rings is 1. The number of nitrogens with zero attached hydrogens (tertiary/aromatic N) is 3. The number of benzene rings is 1. The van der Waals surface area contributed by atoms with Crippen LogP contribution in [0, 0.1) is 6.92 Å². The van der Waals surface area contributed by atoms with Crippen LogP contribution >= 0.6 is 22.9 Å². The lowest BCUT2D eigenvalue weighted by atomic mass is 10.2. The van der Waals surface area contributed by atoms with Crippen LogP contribution in [0.3, 0.4) is 0 Å². The second kappa shape index (κ2) is 5.33. The molecule has 0 N–H and O–H groups in total. The van der Waals surface area contributed by atoms with Crippen molar-refractivity contribution in [3.05, 3.63) is 67.8 Å². The van der Waals surface area contributed by atoms with Gasteiger partial charge in [0.1, 0.15) is 16.1 Å². The van der Waals surface area contributed by atoms with Gasteiger partial charge in [0.25, 0.3) is 5.56 Å². The molecule has 0 spiro atoms. The highest BCUT2D eigenvalue weighted by Crippen LogP contribution is 2.20. The SMILES string of the molecule is Cc1ccc(/C=c2/sc3nnc(-c4ccc(Cl)cc4)n3c2=O)o1. The van der Waals surface area contributed by atoms with E-state index in [4.69, 9.17) is 16.0 Å². The summed E-state index contributed by atoms with van der Waals surface area (Å²) in [5.74, 6) is 1.95. The van der Waals surface area contributed by atoms with Gasteiger partial charge in [-0.3, -0.25) is 4.79 Å². The van der Waals surface area contributed by atoms with Crippen molar-refractivity contribution in [2.45, 2.75) is 6.92 Å². The van der Waals surface area contributed by atoms with Crippen molar-refractivity contribution in [3.63, 3.8) is 0 Å². The third kappa shape index (κ3) is 2.46. The summed E-state index contributed by atoms with van der Waals surface area (Å²) in [5, 5.41) is 8.83. The zero-order valence-corrected chi connectivity index (χ0v) is 13.6.